The highest BCUT2D eigenvalue weighted by Gasteiger charge is 2.17. The molecule has 1 atom stereocenters. The summed E-state index contributed by atoms with van der Waals surface area (Å²) in [6.07, 6.45) is 0.251. The predicted octanol–water partition coefficient (Wildman–Crippen LogP) is 1.42. The van der Waals surface area contributed by atoms with Crippen molar-refractivity contribution in [3.05, 3.63) is 0 Å². The topological polar surface area (TPSA) is 70.6 Å². The van der Waals surface area contributed by atoms with Crippen molar-refractivity contribution in [1.82, 2.24) is 10.9 Å². The van der Waals surface area contributed by atoms with Gasteiger partial charge in [0.15, 0.2) is 0 Å². The van der Waals surface area contributed by atoms with Crippen LogP contribution in [0.3, 0.4) is 0 Å². The molecule has 0 bridgehead atoms. The molecule has 0 saturated heterocycles. The van der Waals surface area contributed by atoms with Crippen LogP contribution in [0.4, 0.5) is 4.79 Å². The molecule has 0 aliphatic heterocycles. The molecular weight excluding hydrogens is 208 g/mol. The largest absolute Gasteiger partial charge is 0.443 e. The van der Waals surface area contributed by atoms with Crippen LogP contribution in [0.2, 0.25) is 0 Å². The van der Waals surface area contributed by atoms with E-state index in [-0.39, 0.29) is 12.6 Å². The first-order valence-corrected chi connectivity index (χ1v) is 5.60. The number of nitrogens with one attached hydrogen (secondary N) is 2. The number of aliphatic hydroxyl groups excluding tert-OH is 1. The van der Waals surface area contributed by atoms with E-state index in [0.29, 0.717) is 5.92 Å². The van der Waals surface area contributed by atoms with Gasteiger partial charge in [-0.15, -0.1) is 0 Å². The average molecular weight is 232 g/mol. The van der Waals surface area contributed by atoms with Gasteiger partial charge < -0.3 is 9.84 Å². The smallest absolute Gasteiger partial charge is 0.422 e. The summed E-state index contributed by atoms with van der Waals surface area (Å²) < 4.78 is 5.04. The van der Waals surface area contributed by atoms with Gasteiger partial charge >= 0.3 is 6.09 Å². The first-order chi connectivity index (χ1) is 7.24. The first-order valence-electron chi connectivity index (χ1n) is 5.60. The van der Waals surface area contributed by atoms with Crippen molar-refractivity contribution in [3.63, 3.8) is 0 Å². The summed E-state index contributed by atoms with van der Waals surface area (Å²) in [6, 6.07) is -0.146. The molecule has 96 valence electrons. The Hall–Kier alpha value is -0.810. The van der Waals surface area contributed by atoms with Gasteiger partial charge in [-0.2, -0.15) is 0 Å². The SMILES string of the molecule is CC(C)C[C@@H](CO)NNC(=O)OC(C)(C)C. The molecule has 1 amide bonds. The van der Waals surface area contributed by atoms with Crippen LogP contribution in [0.1, 0.15) is 41.0 Å². The molecule has 3 N–H and O–H groups in total. The summed E-state index contributed by atoms with van der Waals surface area (Å²) in [4.78, 5) is 11.3. The molecule has 0 fully saturated rings. The number of hydrazine groups is 1. The van der Waals surface area contributed by atoms with Gasteiger partial charge in [0.1, 0.15) is 5.60 Å². The molecule has 16 heavy (non-hydrogen) atoms. The Morgan fingerprint density at radius 3 is 2.31 bits per heavy atom. The lowest BCUT2D eigenvalue weighted by atomic mass is 10.1. The van der Waals surface area contributed by atoms with Gasteiger partial charge in [-0.3, -0.25) is 5.43 Å². The van der Waals surface area contributed by atoms with E-state index in [4.69, 9.17) is 9.84 Å². The van der Waals surface area contributed by atoms with E-state index in [1.165, 1.54) is 0 Å². The quantitative estimate of drug-likeness (QED) is 0.627. The fourth-order valence-electron chi connectivity index (χ4n) is 1.21. The van der Waals surface area contributed by atoms with Crippen LogP contribution < -0.4 is 10.9 Å². The van der Waals surface area contributed by atoms with Crippen LogP contribution in [0.25, 0.3) is 0 Å². The molecule has 5 heteroatoms. The minimum Gasteiger partial charge on any atom is -0.443 e. The fourth-order valence-corrected chi connectivity index (χ4v) is 1.21. The van der Waals surface area contributed by atoms with E-state index < -0.39 is 11.7 Å². The Kier molecular flexibility index (Phi) is 6.36. The van der Waals surface area contributed by atoms with Crippen molar-refractivity contribution >= 4 is 6.09 Å². The average Bonchev–Trinajstić information content (AvgIpc) is 2.08. The third-order valence-corrected chi connectivity index (χ3v) is 1.75. The van der Waals surface area contributed by atoms with Gasteiger partial charge in [-0.25, -0.2) is 10.2 Å². The lowest BCUT2D eigenvalue weighted by Gasteiger charge is -2.22. The highest BCUT2D eigenvalue weighted by atomic mass is 16.6. The molecule has 0 heterocycles. The van der Waals surface area contributed by atoms with Gasteiger partial charge in [-0.1, -0.05) is 13.8 Å². The molecule has 0 aliphatic rings. The second-order valence-corrected chi connectivity index (χ2v) is 5.28. The second-order valence-electron chi connectivity index (χ2n) is 5.28. The summed E-state index contributed by atoms with van der Waals surface area (Å²) in [6.45, 7) is 9.47. The summed E-state index contributed by atoms with van der Waals surface area (Å²) in [5, 5.41) is 9.07. The van der Waals surface area contributed by atoms with E-state index in [1.54, 1.807) is 20.8 Å². The van der Waals surface area contributed by atoms with E-state index >= 15 is 0 Å². The molecule has 5 nitrogen and oxygen atoms in total. The maximum absolute atomic E-state index is 11.3. The molecule has 0 spiro atoms. The van der Waals surface area contributed by atoms with Gasteiger partial charge in [0.2, 0.25) is 0 Å². The Bertz CT molecular complexity index is 212. The van der Waals surface area contributed by atoms with Gasteiger partial charge in [-0.05, 0) is 33.1 Å². The zero-order valence-corrected chi connectivity index (χ0v) is 10.8. The summed E-state index contributed by atoms with van der Waals surface area (Å²) >= 11 is 0. The van der Waals surface area contributed by atoms with Crippen LogP contribution in [0.15, 0.2) is 0 Å². The van der Waals surface area contributed by atoms with E-state index in [2.05, 4.69) is 24.7 Å². The van der Waals surface area contributed by atoms with Crippen LogP contribution >= 0.6 is 0 Å². The molecule has 0 unspecified atom stereocenters. The van der Waals surface area contributed by atoms with Crippen molar-refractivity contribution in [1.29, 1.82) is 0 Å². The Morgan fingerprint density at radius 2 is 1.94 bits per heavy atom. The molecule has 0 aliphatic carbocycles. The van der Waals surface area contributed by atoms with Gasteiger partial charge in [0.25, 0.3) is 0 Å². The molecule has 0 rings (SSSR count). The molecule has 0 aromatic carbocycles. The molecule has 0 radical (unpaired) electrons. The van der Waals surface area contributed by atoms with E-state index in [9.17, 15) is 4.79 Å². The highest BCUT2D eigenvalue weighted by Crippen LogP contribution is 2.06. The van der Waals surface area contributed by atoms with E-state index in [1.807, 2.05) is 0 Å². The number of amides is 1. The summed E-state index contributed by atoms with van der Waals surface area (Å²) in [7, 11) is 0. The third kappa shape index (κ3) is 8.49. The second kappa shape index (κ2) is 6.70. The number of hydrogen-bond acceptors (Lipinski definition) is 4. The van der Waals surface area contributed by atoms with Crippen molar-refractivity contribution in [2.45, 2.75) is 52.7 Å². The number of carbonyl (C=O) groups is 1. The third-order valence-electron chi connectivity index (χ3n) is 1.75. The maximum atomic E-state index is 11.3. The highest BCUT2D eigenvalue weighted by molar-refractivity contribution is 5.67. The maximum Gasteiger partial charge on any atom is 0.422 e. The minimum absolute atomic E-state index is 0.0199. The monoisotopic (exact) mass is 232 g/mol. The number of rotatable bonds is 5. The van der Waals surface area contributed by atoms with Crippen molar-refractivity contribution < 1.29 is 14.6 Å². The Morgan fingerprint density at radius 1 is 1.38 bits per heavy atom. The van der Waals surface area contributed by atoms with Crippen LogP contribution in [-0.2, 0) is 4.74 Å². The van der Waals surface area contributed by atoms with Crippen molar-refractivity contribution in [2.24, 2.45) is 5.92 Å². The lowest BCUT2D eigenvalue weighted by molar-refractivity contribution is 0.0474. The van der Waals surface area contributed by atoms with Gasteiger partial charge in [0.05, 0.1) is 6.61 Å². The zero-order valence-electron chi connectivity index (χ0n) is 10.8. The first kappa shape index (κ1) is 15.2. The number of aliphatic hydroxyl groups is 1. The van der Waals surface area contributed by atoms with Crippen LogP contribution in [-0.4, -0.2) is 29.4 Å². The molecular formula is C11H24N2O3. The van der Waals surface area contributed by atoms with Crippen LogP contribution in [0.5, 0.6) is 0 Å². The molecule has 0 saturated carbocycles. The minimum atomic E-state index is -0.533. The van der Waals surface area contributed by atoms with Crippen molar-refractivity contribution in [2.75, 3.05) is 6.61 Å². The number of carbonyl (C=O) groups excluding carboxylic acids is 1. The van der Waals surface area contributed by atoms with Gasteiger partial charge in [0, 0.05) is 6.04 Å². The summed E-state index contributed by atoms with van der Waals surface area (Å²) in [5.74, 6) is 0.449. The fraction of sp³-hybridized carbons (Fsp3) is 0.909. The van der Waals surface area contributed by atoms with Crippen molar-refractivity contribution in [3.8, 4) is 0 Å². The Balaban J connectivity index is 3.88. The standard InChI is InChI=1S/C11H24N2O3/c1-8(2)6-9(7-14)12-13-10(15)16-11(3,4)5/h8-9,12,14H,6-7H2,1-5H3,(H,13,15)/t9-/m0/s1. The number of hydrogen-bond donors (Lipinski definition) is 3. The van der Waals surface area contributed by atoms with E-state index in [0.717, 1.165) is 6.42 Å². The summed E-state index contributed by atoms with van der Waals surface area (Å²) in [5.41, 5.74) is 4.66. The normalized spacial score (nSPS) is 13.7. The van der Waals surface area contributed by atoms with Crippen LogP contribution in [0, 0.1) is 5.92 Å². The predicted molar refractivity (Wildman–Crippen MR) is 62.8 cm³/mol. The zero-order chi connectivity index (χ0) is 12.8. The Labute approximate surface area is 97.5 Å². The number of ether oxygens (including phenoxy) is 1. The molecule has 0 aromatic rings. The molecule has 0 aromatic heterocycles. The lowest BCUT2D eigenvalue weighted by Crippen LogP contribution is -2.48.